The van der Waals surface area contributed by atoms with Crippen LogP contribution in [0.5, 0.6) is 5.75 Å². The summed E-state index contributed by atoms with van der Waals surface area (Å²) < 4.78 is 11.2. The molecule has 0 aliphatic carbocycles. The van der Waals surface area contributed by atoms with E-state index in [1.165, 1.54) is 0 Å². The Balaban J connectivity index is 1.66. The van der Waals surface area contributed by atoms with Crippen molar-refractivity contribution in [1.29, 1.82) is 0 Å². The topological polar surface area (TPSA) is 63.4 Å². The zero-order chi connectivity index (χ0) is 23.7. The van der Waals surface area contributed by atoms with Gasteiger partial charge >= 0.3 is 0 Å². The van der Waals surface area contributed by atoms with Crippen molar-refractivity contribution in [2.75, 3.05) is 12.0 Å². The molecule has 1 unspecified atom stereocenters. The number of rotatable bonds is 5. The number of benzene rings is 3. The molecule has 1 aliphatic heterocycles. The Morgan fingerprint density at radius 2 is 1.82 bits per heavy atom. The molecule has 1 N–H and O–H groups in total. The highest BCUT2D eigenvalue weighted by molar-refractivity contribution is 7.80. The fraction of sp³-hybridized carbons (Fsp3) is 0.115. The van der Waals surface area contributed by atoms with Crippen molar-refractivity contribution in [3.63, 3.8) is 0 Å². The summed E-state index contributed by atoms with van der Waals surface area (Å²) in [4.78, 5) is 6.68. The minimum Gasteiger partial charge on any atom is -0.497 e. The normalized spacial score (nSPS) is 15.9. The zero-order valence-corrected chi connectivity index (χ0v) is 20.1. The number of hydrogen-bond donors (Lipinski definition) is 1. The SMILES string of the molecule is COc1cccc(N2C(=S)NC(c3ccccc3)C(c3nc(-c4cccc(Cl)c4)no3)=C2C)c1. The van der Waals surface area contributed by atoms with Gasteiger partial charge in [0.1, 0.15) is 5.75 Å². The van der Waals surface area contributed by atoms with E-state index < -0.39 is 0 Å². The average Bonchev–Trinajstić information content (AvgIpc) is 3.34. The van der Waals surface area contributed by atoms with E-state index in [2.05, 4.69) is 10.5 Å². The van der Waals surface area contributed by atoms with Crippen LogP contribution in [0.4, 0.5) is 5.69 Å². The second-order valence-electron chi connectivity index (χ2n) is 7.76. The van der Waals surface area contributed by atoms with E-state index in [4.69, 9.17) is 38.1 Å². The smallest absolute Gasteiger partial charge is 0.258 e. The van der Waals surface area contributed by atoms with Crippen molar-refractivity contribution < 1.29 is 9.26 Å². The van der Waals surface area contributed by atoms with Crippen molar-refractivity contribution in [3.05, 3.63) is 101 Å². The molecular formula is C26H21ClN4O2S. The summed E-state index contributed by atoms with van der Waals surface area (Å²) in [6, 6.07) is 24.9. The quantitative estimate of drug-likeness (QED) is 0.332. The number of aromatic nitrogens is 2. The van der Waals surface area contributed by atoms with Crippen LogP contribution in [0.2, 0.25) is 5.02 Å². The van der Waals surface area contributed by atoms with Crippen LogP contribution in [0.15, 0.2) is 89.1 Å². The van der Waals surface area contributed by atoms with Crippen molar-refractivity contribution in [3.8, 4) is 17.1 Å². The number of hydrogen-bond acceptors (Lipinski definition) is 5. The van der Waals surface area contributed by atoms with Gasteiger partial charge in [0.05, 0.1) is 24.4 Å². The maximum Gasteiger partial charge on any atom is 0.258 e. The second-order valence-corrected chi connectivity index (χ2v) is 8.59. The molecule has 1 atom stereocenters. The number of nitrogens with one attached hydrogen (secondary N) is 1. The van der Waals surface area contributed by atoms with E-state index in [0.717, 1.165) is 33.8 Å². The van der Waals surface area contributed by atoms with E-state index in [-0.39, 0.29) is 6.04 Å². The number of nitrogens with zero attached hydrogens (tertiary/aromatic N) is 3. The minimum absolute atomic E-state index is 0.261. The summed E-state index contributed by atoms with van der Waals surface area (Å²) in [5.74, 6) is 1.61. The van der Waals surface area contributed by atoms with Crippen LogP contribution in [-0.2, 0) is 0 Å². The first-order chi connectivity index (χ1) is 16.5. The first-order valence-corrected chi connectivity index (χ1v) is 11.4. The third kappa shape index (κ3) is 4.16. The molecule has 3 aromatic carbocycles. The molecule has 0 radical (unpaired) electrons. The van der Waals surface area contributed by atoms with Crippen LogP contribution < -0.4 is 15.0 Å². The molecule has 170 valence electrons. The summed E-state index contributed by atoms with van der Waals surface area (Å²) in [6.07, 6.45) is 0. The van der Waals surface area contributed by atoms with Gasteiger partial charge in [-0.15, -0.1) is 0 Å². The maximum absolute atomic E-state index is 6.17. The molecule has 0 bridgehead atoms. The molecule has 5 rings (SSSR count). The van der Waals surface area contributed by atoms with Gasteiger partial charge in [0.15, 0.2) is 5.11 Å². The number of ether oxygens (including phenoxy) is 1. The Morgan fingerprint density at radius 1 is 1.03 bits per heavy atom. The third-order valence-electron chi connectivity index (χ3n) is 5.67. The molecule has 1 aliphatic rings. The highest BCUT2D eigenvalue weighted by atomic mass is 35.5. The molecule has 2 heterocycles. The largest absolute Gasteiger partial charge is 0.497 e. The summed E-state index contributed by atoms with van der Waals surface area (Å²) in [5.41, 5.74) is 4.40. The molecule has 8 heteroatoms. The fourth-order valence-electron chi connectivity index (χ4n) is 4.05. The lowest BCUT2D eigenvalue weighted by molar-refractivity contribution is 0.404. The Bertz CT molecular complexity index is 1390. The van der Waals surface area contributed by atoms with E-state index in [1.807, 2.05) is 90.7 Å². The highest BCUT2D eigenvalue weighted by Gasteiger charge is 2.34. The maximum atomic E-state index is 6.17. The predicted molar refractivity (Wildman–Crippen MR) is 138 cm³/mol. The lowest BCUT2D eigenvalue weighted by atomic mass is 9.94. The molecule has 34 heavy (non-hydrogen) atoms. The van der Waals surface area contributed by atoms with E-state index in [0.29, 0.717) is 21.9 Å². The number of halogens is 1. The first-order valence-electron chi connectivity index (χ1n) is 10.7. The van der Waals surface area contributed by atoms with Gasteiger partial charge in [-0.2, -0.15) is 4.98 Å². The van der Waals surface area contributed by atoms with Crippen molar-refractivity contribution in [2.24, 2.45) is 0 Å². The van der Waals surface area contributed by atoms with Gasteiger partial charge in [0.25, 0.3) is 5.89 Å². The molecule has 0 amide bonds. The van der Waals surface area contributed by atoms with E-state index in [1.54, 1.807) is 7.11 Å². The zero-order valence-electron chi connectivity index (χ0n) is 18.5. The van der Waals surface area contributed by atoms with Gasteiger partial charge in [0, 0.05) is 22.3 Å². The Labute approximate surface area is 207 Å². The molecule has 0 saturated carbocycles. The van der Waals surface area contributed by atoms with E-state index >= 15 is 0 Å². The Morgan fingerprint density at radius 3 is 2.59 bits per heavy atom. The van der Waals surface area contributed by atoms with Crippen LogP contribution in [0.3, 0.4) is 0 Å². The Hall–Kier alpha value is -3.68. The van der Waals surface area contributed by atoms with Crippen LogP contribution in [0.25, 0.3) is 17.0 Å². The van der Waals surface area contributed by atoms with Gasteiger partial charge in [-0.05, 0) is 49.0 Å². The number of allylic oxidation sites excluding steroid dienone is 1. The van der Waals surface area contributed by atoms with E-state index in [9.17, 15) is 0 Å². The molecule has 4 aromatic rings. The van der Waals surface area contributed by atoms with Gasteiger partial charge in [0.2, 0.25) is 5.82 Å². The molecule has 1 aromatic heterocycles. The van der Waals surface area contributed by atoms with Crippen LogP contribution in [0.1, 0.15) is 24.4 Å². The number of methoxy groups -OCH3 is 1. The van der Waals surface area contributed by atoms with Gasteiger partial charge in [-0.1, -0.05) is 65.3 Å². The third-order valence-corrected chi connectivity index (χ3v) is 6.20. The monoisotopic (exact) mass is 488 g/mol. The molecule has 6 nitrogen and oxygen atoms in total. The lowest BCUT2D eigenvalue weighted by Crippen LogP contribution is -2.46. The summed E-state index contributed by atoms with van der Waals surface area (Å²) in [7, 11) is 1.64. The van der Waals surface area contributed by atoms with Gasteiger partial charge in [-0.25, -0.2) is 0 Å². The van der Waals surface area contributed by atoms with Crippen molar-refractivity contribution in [2.45, 2.75) is 13.0 Å². The Kier molecular flexibility index (Phi) is 6.04. The standard InChI is InChI=1S/C26H21ClN4O2S/c1-16-22(25-29-24(30-33-25)18-10-6-11-19(27)14-18)23(17-8-4-3-5-9-17)28-26(34)31(16)20-12-7-13-21(15-20)32-2/h3-15,23H,1-2H3,(H,28,34). The van der Waals surface area contributed by atoms with Gasteiger partial charge in [-0.3, -0.25) is 4.90 Å². The fourth-order valence-corrected chi connectivity index (χ4v) is 4.60. The average molecular weight is 489 g/mol. The first kappa shape index (κ1) is 22.1. The number of anilines is 1. The second kappa shape index (κ2) is 9.29. The molecular weight excluding hydrogens is 468 g/mol. The summed E-state index contributed by atoms with van der Waals surface area (Å²) in [6.45, 7) is 2.00. The van der Waals surface area contributed by atoms with Crippen molar-refractivity contribution >= 4 is 40.2 Å². The van der Waals surface area contributed by atoms with Gasteiger partial charge < -0.3 is 14.6 Å². The number of thiocarbonyl (C=S) groups is 1. The summed E-state index contributed by atoms with van der Waals surface area (Å²) >= 11 is 12.0. The molecule has 0 fully saturated rings. The summed E-state index contributed by atoms with van der Waals surface area (Å²) in [5, 5.41) is 8.87. The molecule has 0 saturated heterocycles. The van der Waals surface area contributed by atoms with Crippen molar-refractivity contribution in [1.82, 2.24) is 15.5 Å². The van der Waals surface area contributed by atoms with Crippen LogP contribution in [0, 0.1) is 0 Å². The minimum atomic E-state index is -0.261. The van der Waals surface area contributed by atoms with Crippen LogP contribution in [-0.4, -0.2) is 22.4 Å². The molecule has 0 spiro atoms. The lowest BCUT2D eigenvalue weighted by Gasteiger charge is -2.37. The van der Waals surface area contributed by atoms with Crippen LogP contribution >= 0.6 is 23.8 Å². The predicted octanol–water partition coefficient (Wildman–Crippen LogP) is 6.27. The highest BCUT2D eigenvalue weighted by Crippen LogP contribution is 2.39.